The van der Waals surface area contributed by atoms with Gasteiger partial charge in [0.1, 0.15) is 0 Å². The summed E-state index contributed by atoms with van der Waals surface area (Å²) in [6, 6.07) is 23.4. The van der Waals surface area contributed by atoms with E-state index in [1.54, 1.807) is 0 Å². The normalized spacial score (nSPS) is 18.4. The maximum Gasteiger partial charge on any atom is 0.254 e. The van der Waals surface area contributed by atoms with Gasteiger partial charge >= 0.3 is 0 Å². The molecule has 1 aliphatic heterocycles. The fraction of sp³-hybridized carbons (Fsp3) is 0.382. The molecule has 0 N–H and O–H groups in total. The third kappa shape index (κ3) is 6.66. The number of piperazine rings is 1. The van der Waals surface area contributed by atoms with Crippen LogP contribution in [0.15, 0.2) is 77.4 Å². The summed E-state index contributed by atoms with van der Waals surface area (Å²) in [5, 5.41) is 8.98. The molecule has 0 spiro atoms. The molecule has 1 amide bonds. The predicted octanol–water partition coefficient (Wildman–Crippen LogP) is 6.42. The van der Waals surface area contributed by atoms with E-state index in [0.717, 1.165) is 33.4 Å². The molecule has 1 aliphatic rings. The van der Waals surface area contributed by atoms with Gasteiger partial charge < -0.3 is 9.80 Å². The largest absolute Gasteiger partial charge is 0.336 e. The Morgan fingerprint density at radius 1 is 1.02 bits per heavy atom. The first-order chi connectivity index (χ1) is 20.1. The zero-order valence-corrected chi connectivity index (χ0v) is 27.0. The van der Waals surface area contributed by atoms with Gasteiger partial charge in [0, 0.05) is 48.3 Å². The average molecular weight is 630 g/mol. The van der Waals surface area contributed by atoms with E-state index in [-0.39, 0.29) is 24.0 Å². The summed E-state index contributed by atoms with van der Waals surface area (Å²) in [6.45, 7) is 11.6. The van der Waals surface area contributed by atoms with Crippen molar-refractivity contribution >= 4 is 21.8 Å². The van der Waals surface area contributed by atoms with Crippen LogP contribution < -0.4 is 0 Å². The minimum atomic E-state index is 0.0888. The molecule has 42 heavy (non-hydrogen) atoms. The lowest BCUT2D eigenvalue weighted by Crippen LogP contribution is -2.57. The summed E-state index contributed by atoms with van der Waals surface area (Å²) in [7, 11) is 4.14. The molecule has 3 aromatic carbocycles. The highest BCUT2D eigenvalue weighted by molar-refractivity contribution is 9.10. The molecular formula is C34H41BrN6O. The summed E-state index contributed by atoms with van der Waals surface area (Å²) in [5.74, 6) is 0.0888. The summed E-state index contributed by atoms with van der Waals surface area (Å²) in [5.41, 5.74) is 7.40. The molecule has 3 atom stereocenters. The maximum atomic E-state index is 13.9. The number of rotatable bonds is 8. The van der Waals surface area contributed by atoms with Crippen LogP contribution in [0.3, 0.4) is 0 Å². The Hall–Kier alpha value is -3.33. The van der Waals surface area contributed by atoms with Crippen molar-refractivity contribution in [3.63, 3.8) is 0 Å². The number of halogens is 1. The first-order valence-electron chi connectivity index (χ1n) is 14.7. The summed E-state index contributed by atoms with van der Waals surface area (Å²) in [6.07, 6.45) is 2.05. The molecule has 2 heterocycles. The summed E-state index contributed by atoms with van der Waals surface area (Å²) in [4.78, 5) is 20.5. The first-order valence-corrected chi connectivity index (χ1v) is 15.4. The molecule has 4 aromatic rings. The zero-order valence-electron chi connectivity index (χ0n) is 25.5. The van der Waals surface area contributed by atoms with E-state index < -0.39 is 0 Å². The molecule has 7 nitrogen and oxygen atoms in total. The fourth-order valence-electron chi connectivity index (χ4n) is 5.92. The van der Waals surface area contributed by atoms with Crippen molar-refractivity contribution in [2.45, 2.75) is 58.9 Å². The number of nitrogens with zero attached hydrogens (tertiary/aromatic N) is 6. The van der Waals surface area contributed by atoms with Crippen molar-refractivity contribution in [1.29, 1.82) is 0 Å². The Kier molecular flexibility index (Phi) is 9.25. The molecule has 0 radical (unpaired) electrons. The number of carbonyl (C=O) groups is 1. The third-order valence-electron chi connectivity index (χ3n) is 8.27. The van der Waals surface area contributed by atoms with Crippen molar-refractivity contribution in [2.75, 3.05) is 27.2 Å². The quantitative estimate of drug-likeness (QED) is 0.225. The van der Waals surface area contributed by atoms with Gasteiger partial charge in [0.05, 0.1) is 17.9 Å². The van der Waals surface area contributed by atoms with Crippen LogP contribution >= 0.6 is 15.9 Å². The molecular weight excluding hydrogens is 588 g/mol. The Balaban J connectivity index is 1.26. The number of benzene rings is 3. The molecule has 220 valence electrons. The predicted molar refractivity (Wildman–Crippen MR) is 172 cm³/mol. The molecule has 0 bridgehead atoms. The number of aryl methyl sites for hydroxylation is 1. The second kappa shape index (κ2) is 12.9. The van der Waals surface area contributed by atoms with E-state index >= 15 is 0 Å². The number of hydrogen-bond donors (Lipinski definition) is 0. The summed E-state index contributed by atoms with van der Waals surface area (Å²) >= 11 is 3.59. The Morgan fingerprint density at radius 2 is 1.71 bits per heavy atom. The van der Waals surface area contributed by atoms with E-state index in [4.69, 9.17) is 0 Å². The van der Waals surface area contributed by atoms with Crippen LogP contribution in [-0.4, -0.2) is 74.9 Å². The highest BCUT2D eigenvalue weighted by atomic mass is 79.9. The minimum absolute atomic E-state index is 0.0888. The molecule has 0 aliphatic carbocycles. The van der Waals surface area contributed by atoms with Gasteiger partial charge in [0.25, 0.3) is 5.91 Å². The van der Waals surface area contributed by atoms with Crippen molar-refractivity contribution < 1.29 is 4.79 Å². The number of hydrogen-bond acceptors (Lipinski definition) is 5. The topological polar surface area (TPSA) is 57.5 Å². The van der Waals surface area contributed by atoms with Crippen LogP contribution in [0.1, 0.15) is 59.6 Å². The SMILES string of the molecule is Cc1cc([C@@H](C)n2cc(CN3[C@H](C)CN(C(=O)c4ccccc4-c4ccc(CN(C)C)cc4)C[C@@H]3C)nn2)ccc1Br. The van der Waals surface area contributed by atoms with Crippen LogP contribution in [0.4, 0.5) is 0 Å². The van der Waals surface area contributed by atoms with Crippen LogP contribution in [0, 0.1) is 6.92 Å². The number of carbonyl (C=O) groups excluding carboxylic acids is 1. The second-order valence-electron chi connectivity index (χ2n) is 11.9. The Labute approximate surface area is 258 Å². The lowest BCUT2D eigenvalue weighted by molar-refractivity contribution is 0.0264. The monoisotopic (exact) mass is 628 g/mol. The standard InChI is InChI=1S/C34H41BrN6O/c1-23-17-29(15-16-33(23)35)26(4)41-22-30(36-37-41)21-40-24(2)18-39(19-25(40)3)34(42)32-10-8-7-9-31(32)28-13-11-27(12-14-28)20-38(5)6/h7-17,22,24-26H,18-21H2,1-6H3/t24-,25+,26-/m1/s1. The molecule has 8 heteroatoms. The van der Waals surface area contributed by atoms with E-state index in [2.05, 4.69) is 133 Å². The highest BCUT2D eigenvalue weighted by Gasteiger charge is 2.33. The van der Waals surface area contributed by atoms with Gasteiger partial charge in [-0.1, -0.05) is 75.7 Å². The zero-order chi connectivity index (χ0) is 30.0. The number of aromatic nitrogens is 3. The first kappa shape index (κ1) is 30.1. The van der Waals surface area contributed by atoms with Crippen LogP contribution in [0.5, 0.6) is 0 Å². The number of amides is 1. The van der Waals surface area contributed by atoms with Gasteiger partial charge in [-0.2, -0.15) is 0 Å². The van der Waals surface area contributed by atoms with Crippen molar-refractivity contribution in [3.05, 3.63) is 105 Å². The van der Waals surface area contributed by atoms with Gasteiger partial charge in [-0.25, -0.2) is 4.68 Å². The van der Waals surface area contributed by atoms with Crippen molar-refractivity contribution in [2.24, 2.45) is 0 Å². The van der Waals surface area contributed by atoms with E-state index in [1.165, 1.54) is 16.7 Å². The van der Waals surface area contributed by atoms with Crippen LogP contribution in [-0.2, 0) is 13.1 Å². The van der Waals surface area contributed by atoms with E-state index in [9.17, 15) is 4.79 Å². The fourth-order valence-corrected chi connectivity index (χ4v) is 6.17. The smallest absolute Gasteiger partial charge is 0.254 e. The van der Waals surface area contributed by atoms with Crippen LogP contribution in [0.2, 0.25) is 0 Å². The molecule has 5 rings (SSSR count). The average Bonchev–Trinajstić information content (AvgIpc) is 3.44. The van der Waals surface area contributed by atoms with E-state index in [0.29, 0.717) is 19.6 Å². The highest BCUT2D eigenvalue weighted by Crippen LogP contribution is 2.28. The second-order valence-corrected chi connectivity index (χ2v) is 12.8. The Morgan fingerprint density at radius 3 is 2.38 bits per heavy atom. The van der Waals surface area contributed by atoms with Gasteiger partial charge in [-0.15, -0.1) is 5.10 Å². The van der Waals surface area contributed by atoms with Crippen molar-refractivity contribution in [3.8, 4) is 11.1 Å². The van der Waals surface area contributed by atoms with Crippen molar-refractivity contribution in [1.82, 2.24) is 29.7 Å². The van der Waals surface area contributed by atoms with Gasteiger partial charge in [-0.05, 0) is 81.7 Å². The van der Waals surface area contributed by atoms with Gasteiger partial charge in [-0.3, -0.25) is 9.69 Å². The molecule has 1 saturated heterocycles. The van der Waals surface area contributed by atoms with E-state index in [1.807, 2.05) is 27.8 Å². The lowest BCUT2D eigenvalue weighted by Gasteiger charge is -2.44. The van der Waals surface area contributed by atoms with Gasteiger partial charge in [0.2, 0.25) is 0 Å². The molecule has 1 aromatic heterocycles. The molecule has 1 fully saturated rings. The minimum Gasteiger partial charge on any atom is -0.336 e. The molecule has 0 saturated carbocycles. The van der Waals surface area contributed by atoms with Gasteiger partial charge in [0.15, 0.2) is 0 Å². The molecule has 0 unspecified atom stereocenters. The summed E-state index contributed by atoms with van der Waals surface area (Å²) < 4.78 is 3.05. The third-order valence-corrected chi connectivity index (χ3v) is 9.16. The Bertz CT molecular complexity index is 1520. The lowest BCUT2D eigenvalue weighted by atomic mass is 9.97. The van der Waals surface area contributed by atoms with Crippen LogP contribution in [0.25, 0.3) is 11.1 Å². The maximum absolute atomic E-state index is 13.9.